The Morgan fingerprint density at radius 2 is 1.80 bits per heavy atom. The van der Waals surface area contributed by atoms with E-state index < -0.39 is 29.7 Å². The summed E-state index contributed by atoms with van der Waals surface area (Å²) in [5.41, 5.74) is 3.05. The third-order valence-corrected chi connectivity index (χ3v) is 6.45. The van der Waals surface area contributed by atoms with Crippen LogP contribution in [0.25, 0.3) is 10.9 Å². The predicted octanol–water partition coefficient (Wildman–Crippen LogP) is 4.00. The van der Waals surface area contributed by atoms with Gasteiger partial charge in [-0.05, 0) is 38.0 Å². The molecule has 2 aliphatic rings. The number of hydrogen-bond donors (Lipinski definition) is 2. The zero-order valence-corrected chi connectivity index (χ0v) is 20.0. The maximum Gasteiger partial charge on any atom is 0.408 e. The van der Waals surface area contributed by atoms with E-state index in [2.05, 4.69) is 10.3 Å². The van der Waals surface area contributed by atoms with Crippen molar-refractivity contribution in [2.75, 3.05) is 0 Å². The molecule has 8 nitrogen and oxygen atoms in total. The molecule has 3 aromatic rings. The van der Waals surface area contributed by atoms with Crippen molar-refractivity contribution in [3.05, 3.63) is 71.4 Å². The second-order valence-electron chi connectivity index (χ2n) is 10.1. The zero-order valence-electron chi connectivity index (χ0n) is 20.0. The number of benzene rings is 2. The lowest BCUT2D eigenvalue weighted by Crippen LogP contribution is -2.51. The number of para-hydroxylation sites is 1. The number of amides is 2. The van der Waals surface area contributed by atoms with Crippen molar-refractivity contribution in [3.8, 4) is 0 Å². The smallest absolute Gasteiger partial charge is 0.408 e. The second kappa shape index (κ2) is 8.76. The van der Waals surface area contributed by atoms with E-state index >= 15 is 0 Å². The molecular weight excluding hydrogens is 446 g/mol. The van der Waals surface area contributed by atoms with E-state index in [1.807, 2.05) is 54.6 Å². The molecule has 3 unspecified atom stereocenters. The summed E-state index contributed by atoms with van der Waals surface area (Å²) in [6.07, 6.45) is 0.0186. The molecule has 0 saturated carbocycles. The van der Waals surface area contributed by atoms with Crippen LogP contribution in [-0.4, -0.2) is 45.5 Å². The Labute approximate surface area is 203 Å². The molecule has 0 bridgehead atoms. The highest BCUT2D eigenvalue weighted by Gasteiger charge is 2.51. The lowest BCUT2D eigenvalue weighted by Gasteiger charge is -2.36. The van der Waals surface area contributed by atoms with Gasteiger partial charge >= 0.3 is 12.1 Å². The predicted molar refractivity (Wildman–Crippen MR) is 129 cm³/mol. The molecule has 0 aliphatic carbocycles. The average molecular weight is 476 g/mol. The van der Waals surface area contributed by atoms with Gasteiger partial charge in [-0.15, -0.1) is 0 Å². The van der Waals surface area contributed by atoms with Crippen LogP contribution in [0, 0.1) is 0 Å². The normalized spacial score (nSPS) is 21.4. The minimum atomic E-state index is -0.795. The van der Waals surface area contributed by atoms with Crippen molar-refractivity contribution in [2.45, 2.75) is 63.9 Å². The van der Waals surface area contributed by atoms with Gasteiger partial charge in [0.15, 0.2) is 0 Å². The van der Waals surface area contributed by atoms with E-state index in [1.54, 1.807) is 25.7 Å². The number of aromatic nitrogens is 1. The van der Waals surface area contributed by atoms with Crippen molar-refractivity contribution < 1.29 is 23.9 Å². The van der Waals surface area contributed by atoms with E-state index in [4.69, 9.17) is 9.47 Å². The first kappa shape index (κ1) is 23.0. The van der Waals surface area contributed by atoms with Gasteiger partial charge in [0, 0.05) is 29.4 Å². The fourth-order valence-corrected chi connectivity index (χ4v) is 5.01. The number of carbonyl (C=O) groups excluding carboxylic acids is 3. The summed E-state index contributed by atoms with van der Waals surface area (Å²) < 4.78 is 11.0. The molecule has 1 aromatic heterocycles. The van der Waals surface area contributed by atoms with Crippen LogP contribution in [0.15, 0.2) is 54.6 Å². The van der Waals surface area contributed by atoms with Crippen LogP contribution >= 0.6 is 0 Å². The zero-order chi connectivity index (χ0) is 24.7. The lowest BCUT2D eigenvalue weighted by molar-refractivity contribution is -0.157. The number of H-pyrrole nitrogens is 1. The third kappa shape index (κ3) is 4.48. The molecule has 182 valence electrons. The number of rotatable bonds is 4. The van der Waals surface area contributed by atoms with E-state index in [9.17, 15) is 14.4 Å². The maximum absolute atomic E-state index is 13.5. The standard InChI is InChI=1S/C27H29N3O5/c1-27(2,3)35-26(33)29-20-14-21-23-18(17-11-7-8-12-19(17)28-23)13-22(30(21)24(20)31)25(32)34-15-16-9-5-4-6-10-16/h4-12,20-22,28H,13-15H2,1-3H3,(H,29,33). The third-order valence-electron chi connectivity index (χ3n) is 6.45. The van der Waals surface area contributed by atoms with Gasteiger partial charge in [0.1, 0.15) is 24.3 Å². The lowest BCUT2D eigenvalue weighted by atomic mass is 9.92. The summed E-state index contributed by atoms with van der Waals surface area (Å²) in [6.45, 7) is 5.43. The molecule has 35 heavy (non-hydrogen) atoms. The minimum Gasteiger partial charge on any atom is -0.459 e. The number of fused-ring (bicyclic) bond motifs is 5. The van der Waals surface area contributed by atoms with E-state index in [-0.39, 0.29) is 18.6 Å². The van der Waals surface area contributed by atoms with Crippen LogP contribution in [0.4, 0.5) is 4.79 Å². The van der Waals surface area contributed by atoms with Gasteiger partial charge in [0.25, 0.3) is 0 Å². The summed E-state index contributed by atoms with van der Waals surface area (Å²) in [5.74, 6) is -0.770. The molecule has 3 atom stereocenters. The monoisotopic (exact) mass is 475 g/mol. The first-order valence-corrected chi connectivity index (χ1v) is 11.8. The molecule has 5 rings (SSSR count). The summed E-state index contributed by atoms with van der Waals surface area (Å²) in [4.78, 5) is 44.2. The van der Waals surface area contributed by atoms with Gasteiger partial charge in [-0.25, -0.2) is 9.59 Å². The van der Waals surface area contributed by atoms with Crippen LogP contribution < -0.4 is 5.32 Å². The van der Waals surface area contributed by atoms with Crippen LogP contribution in [0.2, 0.25) is 0 Å². The maximum atomic E-state index is 13.5. The Bertz CT molecular complexity index is 1280. The number of ether oxygens (including phenoxy) is 2. The van der Waals surface area contributed by atoms with Gasteiger partial charge in [-0.3, -0.25) is 4.79 Å². The molecule has 2 N–H and O–H groups in total. The van der Waals surface area contributed by atoms with Crippen molar-refractivity contribution >= 4 is 28.9 Å². The Hall–Kier alpha value is -3.81. The molecule has 2 aliphatic heterocycles. The number of alkyl carbamates (subject to hydrolysis) is 1. The Balaban J connectivity index is 1.44. The number of aromatic amines is 1. The van der Waals surface area contributed by atoms with Crippen LogP contribution in [0.3, 0.4) is 0 Å². The Morgan fingerprint density at radius 1 is 1.09 bits per heavy atom. The number of esters is 1. The molecule has 3 heterocycles. The van der Waals surface area contributed by atoms with Gasteiger partial charge in [-0.2, -0.15) is 0 Å². The van der Waals surface area contributed by atoms with E-state index in [0.29, 0.717) is 12.8 Å². The minimum absolute atomic E-state index is 0.128. The quantitative estimate of drug-likeness (QED) is 0.556. The Kier molecular flexibility index (Phi) is 5.75. The van der Waals surface area contributed by atoms with Crippen LogP contribution in [0.5, 0.6) is 0 Å². The van der Waals surface area contributed by atoms with Crippen molar-refractivity contribution in [1.29, 1.82) is 0 Å². The highest BCUT2D eigenvalue weighted by molar-refractivity contribution is 5.94. The average Bonchev–Trinajstić information content (AvgIpc) is 3.34. The van der Waals surface area contributed by atoms with Gasteiger partial charge in [-0.1, -0.05) is 48.5 Å². The molecule has 8 heteroatoms. The first-order chi connectivity index (χ1) is 16.7. The molecule has 1 saturated heterocycles. The van der Waals surface area contributed by atoms with E-state index in [0.717, 1.165) is 27.7 Å². The summed E-state index contributed by atoms with van der Waals surface area (Å²) in [6, 6.07) is 15.4. The van der Waals surface area contributed by atoms with Gasteiger partial charge < -0.3 is 24.7 Å². The van der Waals surface area contributed by atoms with Crippen LogP contribution in [-0.2, 0) is 32.1 Å². The number of hydrogen-bond acceptors (Lipinski definition) is 5. The van der Waals surface area contributed by atoms with Gasteiger partial charge in [0.05, 0.1) is 6.04 Å². The van der Waals surface area contributed by atoms with Crippen molar-refractivity contribution in [2.24, 2.45) is 0 Å². The number of nitrogens with zero attached hydrogens (tertiary/aromatic N) is 1. The second-order valence-corrected chi connectivity index (χ2v) is 10.1. The van der Waals surface area contributed by atoms with Crippen molar-refractivity contribution in [3.63, 3.8) is 0 Å². The highest BCUT2D eigenvalue weighted by Crippen LogP contribution is 2.43. The molecule has 0 radical (unpaired) electrons. The molecular formula is C27H29N3O5. The van der Waals surface area contributed by atoms with Crippen molar-refractivity contribution in [1.82, 2.24) is 15.2 Å². The summed E-state index contributed by atoms with van der Waals surface area (Å²) in [5, 5.41) is 3.73. The number of carbonyl (C=O) groups is 3. The highest BCUT2D eigenvalue weighted by atomic mass is 16.6. The molecule has 2 aromatic carbocycles. The molecule has 1 fully saturated rings. The fourth-order valence-electron chi connectivity index (χ4n) is 5.01. The van der Waals surface area contributed by atoms with Crippen LogP contribution in [0.1, 0.15) is 50.1 Å². The number of nitrogens with one attached hydrogen (secondary N) is 2. The molecule has 2 amide bonds. The molecule has 0 spiro atoms. The van der Waals surface area contributed by atoms with Gasteiger partial charge in [0.2, 0.25) is 5.91 Å². The summed E-state index contributed by atoms with van der Waals surface area (Å²) >= 11 is 0. The Morgan fingerprint density at radius 3 is 2.54 bits per heavy atom. The largest absolute Gasteiger partial charge is 0.459 e. The van der Waals surface area contributed by atoms with E-state index in [1.165, 1.54) is 0 Å². The summed E-state index contributed by atoms with van der Waals surface area (Å²) in [7, 11) is 0. The SMILES string of the molecule is CC(C)(C)OC(=O)NC1CC2c3[nH]c4ccccc4c3CC(C(=O)OCc3ccccc3)N2C1=O. The topological polar surface area (TPSA) is 101 Å². The fraction of sp³-hybridized carbons (Fsp3) is 0.370. The first-order valence-electron chi connectivity index (χ1n) is 11.8.